The molecular formula is C27H31F3N4O4. The highest BCUT2D eigenvalue weighted by atomic mass is 19.4. The number of allylic oxidation sites excluding steroid dienone is 2. The third-order valence-electron chi connectivity index (χ3n) is 7.58. The molecule has 3 aliphatic heterocycles. The van der Waals surface area contributed by atoms with Gasteiger partial charge in [0.1, 0.15) is 17.7 Å². The fourth-order valence-corrected chi connectivity index (χ4v) is 5.74. The number of alkyl halides is 3. The molecule has 0 spiro atoms. The molecule has 0 radical (unpaired) electrons. The fourth-order valence-electron chi connectivity index (χ4n) is 5.74. The third kappa shape index (κ3) is 5.97. The van der Waals surface area contributed by atoms with E-state index in [1.165, 1.54) is 24.6 Å². The molecule has 3 heterocycles. The second kappa shape index (κ2) is 10.7. The Hall–Kier alpha value is -3.50. The van der Waals surface area contributed by atoms with Gasteiger partial charge in [0.05, 0.1) is 5.70 Å². The minimum absolute atomic E-state index is 0.0124. The summed E-state index contributed by atoms with van der Waals surface area (Å²) in [6.07, 6.45) is 4.13. The summed E-state index contributed by atoms with van der Waals surface area (Å²) in [4.78, 5) is 30.8. The number of hydrogen-bond acceptors (Lipinski definition) is 7. The van der Waals surface area contributed by atoms with Crippen LogP contribution in [0.1, 0.15) is 55.8 Å². The monoisotopic (exact) mass is 532 g/mol. The molecule has 8 nitrogen and oxygen atoms in total. The van der Waals surface area contributed by atoms with E-state index < -0.39 is 6.36 Å². The number of hydrogen-bond donors (Lipinski definition) is 2. The van der Waals surface area contributed by atoms with Crippen LogP contribution in [0.5, 0.6) is 5.75 Å². The molecule has 1 aromatic carbocycles. The number of amidine groups is 1. The number of benzene rings is 1. The Morgan fingerprint density at radius 1 is 1.00 bits per heavy atom. The van der Waals surface area contributed by atoms with Crippen LogP contribution in [0.15, 0.2) is 52.8 Å². The second-order valence-corrected chi connectivity index (χ2v) is 10.1. The summed E-state index contributed by atoms with van der Waals surface area (Å²) in [5.41, 5.74) is 2.59. The number of carbonyl (C=O) groups excluding carboxylic acids is 2. The number of ether oxygens (including phenoxy) is 2. The average Bonchev–Trinajstić information content (AvgIpc) is 3.33. The van der Waals surface area contributed by atoms with Crippen molar-refractivity contribution in [2.75, 3.05) is 13.1 Å². The van der Waals surface area contributed by atoms with Gasteiger partial charge in [-0.15, -0.1) is 13.2 Å². The third-order valence-corrected chi connectivity index (χ3v) is 7.58. The lowest BCUT2D eigenvalue weighted by Crippen LogP contribution is -2.40. The topological polar surface area (TPSA) is 92.3 Å². The van der Waals surface area contributed by atoms with Crippen molar-refractivity contribution in [1.29, 1.82) is 0 Å². The van der Waals surface area contributed by atoms with Crippen molar-refractivity contribution in [3.8, 4) is 5.75 Å². The van der Waals surface area contributed by atoms with Gasteiger partial charge < -0.3 is 25.0 Å². The van der Waals surface area contributed by atoms with Crippen LogP contribution >= 0.6 is 0 Å². The summed E-state index contributed by atoms with van der Waals surface area (Å²) in [5, 5.41) is 6.90. The first kappa shape index (κ1) is 26.1. The Balaban J connectivity index is 1.17. The Morgan fingerprint density at radius 3 is 2.32 bits per heavy atom. The van der Waals surface area contributed by atoms with Crippen LogP contribution in [0.25, 0.3) is 0 Å². The molecule has 5 rings (SSSR count). The van der Waals surface area contributed by atoms with E-state index in [1.54, 1.807) is 4.90 Å². The van der Waals surface area contributed by atoms with Gasteiger partial charge in [-0.3, -0.25) is 9.59 Å². The summed E-state index contributed by atoms with van der Waals surface area (Å²) in [7, 11) is 0. The number of carbonyl (C=O) groups is 2. The molecule has 11 heteroatoms. The maximum Gasteiger partial charge on any atom is 0.573 e. The largest absolute Gasteiger partial charge is 0.573 e. The minimum atomic E-state index is -4.77. The molecule has 38 heavy (non-hydrogen) atoms. The number of nitrogens with one attached hydrogen (secondary N) is 2. The highest BCUT2D eigenvalue weighted by Gasteiger charge is 2.36. The molecule has 4 aliphatic rings. The van der Waals surface area contributed by atoms with E-state index in [0.717, 1.165) is 62.2 Å². The van der Waals surface area contributed by atoms with E-state index in [9.17, 15) is 22.8 Å². The Morgan fingerprint density at radius 2 is 1.68 bits per heavy atom. The van der Waals surface area contributed by atoms with Crippen LogP contribution in [-0.4, -0.2) is 54.3 Å². The van der Waals surface area contributed by atoms with Gasteiger partial charge >= 0.3 is 12.3 Å². The van der Waals surface area contributed by atoms with Crippen molar-refractivity contribution in [3.05, 3.63) is 53.4 Å². The molecule has 1 atom stereocenters. The fraction of sp³-hybridized carbons (Fsp3) is 0.519. The molecule has 1 aromatic rings. The molecule has 1 amide bonds. The van der Waals surface area contributed by atoms with E-state index in [1.807, 2.05) is 6.20 Å². The lowest BCUT2D eigenvalue weighted by atomic mass is 9.85. The molecule has 1 aliphatic carbocycles. The van der Waals surface area contributed by atoms with Gasteiger partial charge in [0.15, 0.2) is 6.17 Å². The maximum absolute atomic E-state index is 12.9. The number of fused-ring (bicyclic) bond motifs is 1. The Bertz CT molecular complexity index is 1150. The number of nitrogens with zero attached hydrogens (tertiary/aromatic N) is 2. The molecule has 1 saturated carbocycles. The van der Waals surface area contributed by atoms with Crippen molar-refractivity contribution in [2.24, 2.45) is 16.8 Å². The summed E-state index contributed by atoms with van der Waals surface area (Å²) < 4.78 is 46.4. The van der Waals surface area contributed by atoms with Crippen LogP contribution in [0.4, 0.5) is 13.2 Å². The molecule has 0 bridgehead atoms. The molecule has 2 fully saturated rings. The zero-order valence-corrected chi connectivity index (χ0v) is 21.1. The van der Waals surface area contributed by atoms with Crippen molar-refractivity contribution in [3.63, 3.8) is 0 Å². The van der Waals surface area contributed by atoms with E-state index >= 15 is 0 Å². The number of likely N-dealkylation sites (tertiary alicyclic amines) is 1. The van der Waals surface area contributed by atoms with Gasteiger partial charge in [0.2, 0.25) is 0 Å². The van der Waals surface area contributed by atoms with E-state index in [2.05, 4.69) is 21.4 Å². The normalized spacial score (nSPS) is 25.7. The van der Waals surface area contributed by atoms with Crippen molar-refractivity contribution in [2.45, 2.75) is 64.1 Å². The van der Waals surface area contributed by atoms with Gasteiger partial charge in [0, 0.05) is 31.5 Å². The number of piperidine rings is 1. The zero-order valence-electron chi connectivity index (χ0n) is 21.1. The summed E-state index contributed by atoms with van der Waals surface area (Å²) in [5.74, 6) is 0.756. The number of aliphatic imine (C=N–C) groups is 1. The maximum atomic E-state index is 12.9. The number of dihydropyridines is 1. The van der Waals surface area contributed by atoms with Gasteiger partial charge in [-0.2, -0.15) is 0 Å². The highest BCUT2D eigenvalue weighted by Crippen LogP contribution is 2.35. The van der Waals surface area contributed by atoms with Gasteiger partial charge in [0.25, 0.3) is 5.91 Å². The van der Waals surface area contributed by atoms with E-state index in [0.29, 0.717) is 24.6 Å². The predicted octanol–water partition coefficient (Wildman–Crippen LogP) is 4.26. The Labute approximate surface area is 218 Å². The standard InChI is InChI=1S/C27H31F3N4O4/c1-16(35)37-20-6-2-18(3-7-20)24-32-23-22(10-13-31-25(23)33-24)17-11-14-34(15-12-17)26(36)19-4-8-21(9-5-19)38-27(28,29)30/h4-5,8-10,13,17-18,20,25,31H,2-3,6-7,11-12,14-15H2,1H3,(H,32,33). The van der Waals surface area contributed by atoms with Crippen molar-refractivity contribution >= 4 is 17.7 Å². The van der Waals surface area contributed by atoms with E-state index in [4.69, 9.17) is 9.73 Å². The lowest BCUT2D eigenvalue weighted by Gasteiger charge is -2.34. The minimum Gasteiger partial charge on any atom is -0.463 e. The van der Waals surface area contributed by atoms with Crippen LogP contribution in [0.2, 0.25) is 0 Å². The molecule has 1 saturated heterocycles. The quantitative estimate of drug-likeness (QED) is 0.551. The average molecular weight is 533 g/mol. The van der Waals surface area contributed by atoms with Gasteiger partial charge in [-0.05, 0) is 86.6 Å². The van der Waals surface area contributed by atoms with E-state index in [-0.39, 0.29) is 35.8 Å². The first-order valence-electron chi connectivity index (χ1n) is 13.0. The molecule has 0 aromatic heterocycles. The van der Waals surface area contributed by atoms with Gasteiger partial charge in [-0.25, -0.2) is 4.99 Å². The zero-order chi connectivity index (χ0) is 26.9. The first-order valence-corrected chi connectivity index (χ1v) is 13.0. The Kier molecular flexibility index (Phi) is 7.36. The molecule has 1 unspecified atom stereocenters. The first-order chi connectivity index (χ1) is 18.2. The summed E-state index contributed by atoms with van der Waals surface area (Å²) in [6, 6.07) is 5.04. The molecule has 2 N–H and O–H groups in total. The lowest BCUT2D eigenvalue weighted by molar-refractivity contribution is -0.274. The van der Waals surface area contributed by atoms with Crippen LogP contribution in [-0.2, 0) is 9.53 Å². The smallest absolute Gasteiger partial charge is 0.463 e. The number of rotatable bonds is 5. The second-order valence-electron chi connectivity index (χ2n) is 10.1. The van der Waals surface area contributed by atoms with Crippen LogP contribution < -0.4 is 15.4 Å². The number of esters is 1. The summed E-state index contributed by atoms with van der Waals surface area (Å²) in [6.45, 7) is 2.56. The summed E-state index contributed by atoms with van der Waals surface area (Å²) >= 11 is 0. The predicted molar refractivity (Wildman–Crippen MR) is 133 cm³/mol. The van der Waals surface area contributed by atoms with Crippen LogP contribution in [0.3, 0.4) is 0 Å². The number of amides is 1. The van der Waals surface area contributed by atoms with Crippen molar-refractivity contribution in [1.82, 2.24) is 15.5 Å². The molecular weight excluding hydrogens is 501 g/mol. The SMILES string of the molecule is CC(=O)OC1CCC(C2=NC3NC=CC(C4CCN(C(=O)c5ccc(OC(F)(F)F)cc5)CC4)=C3N2)CC1. The highest BCUT2D eigenvalue weighted by molar-refractivity contribution is 5.94. The molecule has 204 valence electrons. The van der Waals surface area contributed by atoms with Gasteiger partial charge in [-0.1, -0.05) is 0 Å². The van der Waals surface area contributed by atoms with Crippen LogP contribution in [0, 0.1) is 11.8 Å². The van der Waals surface area contributed by atoms with Crippen molar-refractivity contribution < 1.29 is 32.2 Å². The number of halogens is 3.